The van der Waals surface area contributed by atoms with Gasteiger partial charge in [0.2, 0.25) is 5.91 Å². The average molecular weight is 294 g/mol. The molecule has 6 nitrogen and oxygen atoms in total. The van der Waals surface area contributed by atoms with Gasteiger partial charge in [0, 0.05) is 43.7 Å². The summed E-state index contributed by atoms with van der Waals surface area (Å²) in [6, 6.07) is -0.124. The highest BCUT2D eigenvalue weighted by atomic mass is 32.1. The van der Waals surface area contributed by atoms with Crippen LogP contribution >= 0.6 is 11.3 Å². The standard InChI is InChI=1S/C13H18N4O2S/c18-11(10-2-3-10)16-5-1-6-17(8-7-16)13(19)15-12-14-4-9-20-12/h4,9-10H,1-3,5-8H2,(H,14,15,19). The van der Waals surface area contributed by atoms with Crippen LogP contribution in [0, 0.1) is 5.92 Å². The first kappa shape index (κ1) is 13.4. The third-order valence-corrected chi connectivity index (χ3v) is 4.36. The smallest absolute Gasteiger partial charge is 0.323 e. The zero-order valence-corrected chi connectivity index (χ0v) is 12.1. The monoisotopic (exact) mass is 294 g/mol. The molecule has 7 heteroatoms. The van der Waals surface area contributed by atoms with Gasteiger partial charge in [-0.05, 0) is 19.3 Å². The molecule has 0 aromatic carbocycles. The number of thiazole rings is 1. The van der Waals surface area contributed by atoms with Gasteiger partial charge in [0.25, 0.3) is 0 Å². The SMILES string of the molecule is O=C(Nc1nccs1)N1CCCN(C(=O)C2CC2)CC1. The van der Waals surface area contributed by atoms with E-state index in [-0.39, 0.29) is 17.9 Å². The van der Waals surface area contributed by atoms with Crippen LogP contribution in [-0.4, -0.2) is 52.9 Å². The highest BCUT2D eigenvalue weighted by Crippen LogP contribution is 2.31. The summed E-state index contributed by atoms with van der Waals surface area (Å²) in [6.07, 6.45) is 4.57. The van der Waals surface area contributed by atoms with Crippen molar-refractivity contribution in [3.05, 3.63) is 11.6 Å². The minimum Gasteiger partial charge on any atom is -0.341 e. The van der Waals surface area contributed by atoms with Crippen LogP contribution in [-0.2, 0) is 4.79 Å². The van der Waals surface area contributed by atoms with Crippen LogP contribution in [0.1, 0.15) is 19.3 Å². The van der Waals surface area contributed by atoms with E-state index in [1.165, 1.54) is 11.3 Å². The number of carbonyl (C=O) groups is 2. The molecule has 2 heterocycles. The maximum atomic E-state index is 12.1. The Kier molecular flexibility index (Phi) is 3.86. The molecule has 0 unspecified atom stereocenters. The second-order valence-corrected chi connectivity index (χ2v) is 6.10. The average Bonchev–Trinajstić information content (AvgIpc) is 3.22. The minimum atomic E-state index is -0.124. The molecule has 108 valence electrons. The number of hydrogen-bond donors (Lipinski definition) is 1. The summed E-state index contributed by atoms with van der Waals surface area (Å²) < 4.78 is 0. The van der Waals surface area contributed by atoms with Gasteiger partial charge in [0.05, 0.1) is 0 Å². The van der Waals surface area contributed by atoms with Crippen molar-refractivity contribution in [2.75, 3.05) is 31.5 Å². The number of carbonyl (C=O) groups excluding carboxylic acids is 2. The van der Waals surface area contributed by atoms with Gasteiger partial charge in [0.1, 0.15) is 0 Å². The molecule has 1 saturated heterocycles. The van der Waals surface area contributed by atoms with Crippen molar-refractivity contribution < 1.29 is 9.59 Å². The van der Waals surface area contributed by atoms with E-state index in [0.29, 0.717) is 24.8 Å². The summed E-state index contributed by atoms with van der Waals surface area (Å²) in [5.74, 6) is 0.526. The van der Waals surface area contributed by atoms with Gasteiger partial charge in [-0.3, -0.25) is 10.1 Å². The Morgan fingerprint density at radius 1 is 1.20 bits per heavy atom. The maximum absolute atomic E-state index is 12.1. The molecule has 0 atom stereocenters. The number of urea groups is 1. The highest BCUT2D eigenvalue weighted by molar-refractivity contribution is 7.13. The van der Waals surface area contributed by atoms with Gasteiger partial charge in [0.15, 0.2) is 5.13 Å². The molecule has 1 aromatic heterocycles. The first-order valence-corrected chi connectivity index (χ1v) is 7.86. The van der Waals surface area contributed by atoms with Gasteiger partial charge in [-0.1, -0.05) is 0 Å². The van der Waals surface area contributed by atoms with Gasteiger partial charge in [-0.2, -0.15) is 0 Å². The van der Waals surface area contributed by atoms with Crippen molar-refractivity contribution >= 4 is 28.4 Å². The molecular formula is C13H18N4O2S. The lowest BCUT2D eigenvalue weighted by atomic mass is 10.3. The van der Waals surface area contributed by atoms with Gasteiger partial charge >= 0.3 is 6.03 Å². The van der Waals surface area contributed by atoms with Crippen LogP contribution in [0.3, 0.4) is 0 Å². The van der Waals surface area contributed by atoms with Crippen molar-refractivity contribution in [3.63, 3.8) is 0 Å². The molecular weight excluding hydrogens is 276 g/mol. The molecule has 1 saturated carbocycles. The lowest BCUT2D eigenvalue weighted by Crippen LogP contribution is -2.39. The molecule has 2 fully saturated rings. The molecule has 0 bridgehead atoms. The fourth-order valence-electron chi connectivity index (χ4n) is 2.39. The van der Waals surface area contributed by atoms with Crippen molar-refractivity contribution in [1.29, 1.82) is 0 Å². The summed E-state index contributed by atoms with van der Waals surface area (Å²) in [5.41, 5.74) is 0. The van der Waals surface area contributed by atoms with Crippen LogP contribution < -0.4 is 5.32 Å². The number of rotatable bonds is 2. The van der Waals surface area contributed by atoms with Crippen LogP contribution in [0.4, 0.5) is 9.93 Å². The number of hydrogen-bond acceptors (Lipinski definition) is 4. The van der Waals surface area contributed by atoms with Crippen molar-refractivity contribution in [3.8, 4) is 0 Å². The molecule has 0 radical (unpaired) electrons. The number of amides is 3. The van der Waals surface area contributed by atoms with Gasteiger partial charge < -0.3 is 9.80 Å². The normalized spacial score (nSPS) is 19.6. The lowest BCUT2D eigenvalue weighted by Gasteiger charge is -2.22. The maximum Gasteiger partial charge on any atom is 0.323 e. The molecule has 1 N–H and O–H groups in total. The van der Waals surface area contributed by atoms with E-state index in [1.807, 2.05) is 10.3 Å². The van der Waals surface area contributed by atoms with E-state index < -0.39 is 0 Å². The van der Waals surface area contributed by atoms with E-state index in [1.54, 1.807) is 11.1 Å². The topological polar surface area (TPSA) is 65.5 Å². The largest absolute Gasteiger partial charge is 0.341 e. The second-order valence-electron chi connectivity index (χ2n) is 5.21. The number of nitrogens with one attached hydrogen (secondary N) is 1. The second kappa shape index (κ2) is 5.78. The Labute approximate surface area is 121 Å². The first-order valence-electron chi connectivity index (χ1n) is 6.98. The molecule has 1 aliphatic heterocycles. The van der Waals surface area contributed by atoms with Gasteiger partial charge in [-0.25, -0.2) is 9.78 Å². The summed E-state index contributed by atoms with van der Waals surface area (Å²) in [5, 5.41) is 5.23. The Bertz CT molecular complexity index is 487. The van der Waals surface area contributed by atoms with Crippen molar-refractivity contribution in [1.82, 2.24) is 14.8 Å². The third kappa shape index (κ3) is 3.09. The molecule has 2 aliphatic rings. The summed E-state index contributed by atoms with van der Waals surface area (Å²) >= 11 is 1.40. The zero-order chi connectivity index (χ0) is 13.9. The first-order chi connectivity index (χ1) is 9.74. The van der Waals surface area contributed by atoms with E-state index in [0.717, 1.165) is 25.8 Å². The number of anilines is 1. The molecule has 1 aromatic rings. The lowest BCUT2D eigenvalue weighted by molar-refractivity contribution is -0.132. The fourth-order valence-corrected chi connectivity index (χ4v) is 2.90. The van der Waals surface area contributed by atoms with E-state index in [9.17, 15) is 9.59 Å². The molecule has 0 spiro atoms. The van der Waals surface area contributed by atoms with Crippen LogP contribution in [0.2, 0.25) is 0 Å². The molecule has 20 heavy (non-hydrogen) atoms. The van der Waals surface area contributed by atoms with Crippen LogP contribution in [0.5, 0.6) is 0 Å². The van der Waals surface area contributed by atoms with Gasteiger partial charge in [-0.15, -0.1) is 11.3 Å². The Morgan fingerprint density at radius 2 is 1.95 bits per heavy atom. The zero-order valence-electron chi connectivity index (χ0n) is 11.2. The van der Waals surface area contributed by atoms with E-state index in [4.69, 9.17) is 0 Å². The third-order valence-electron chi connectivity index (χ3n) is 3.67. The predicted molar refractivity (Wildman–Crippen MR) is 76.6 cm³/mol. The van der Waals surface area contributed by atoms with Crippen molar-refractivity contribution in [2.45, 2.75) is 19.3 Å². The Balaban J connectivity index is 1.53. The summed E-state index contributed by atoms with van der Waals surface area (Å²) in [7, 11) is 0. The number of nitrogens with zero attached hydrogens (tertiary/aromatic N) is 3. The highest BCUT2D eigenvalue weighted by Gasteiger charge is 2.34. The minimum absolute atomic E-state index is 0.124. The van der Waals surface area contributed by atoms with Crippen molar-refractivity contribution in [2.24, 2.45) is 5.92 Å². The Morgan fingerprint density at radius 3 is 2.65 bits per heavy atom. The van der Waals surface area contributed by atoms with Crippen LogP contribution in [0.15, 0.2) is 11.6 Å². The number of aromatic nitrogens is 1. The molecule has 3 rings (SSSR count). The quantitative estimate of drug-likeness (QED) is 0.901. The molecule has 3 amide bonds. The summed E-state index contributed by atoms with van der Waals surface area (Å²) in [6.45, 7) is 2.68. The fraction of sp³-hybridized carbons (Fsp3) is 0.615. The van der Waals surface area contributed by atoms with E-state index >= 15 is 0 Å². The van der Waals surface area contributed by atoms with Crippen LogP contribution in [0.25, 0.3) is 0 Å². The van der Waals surface area contributed by atoms with E-state index in [2.05, 4.69) is 10.3 Å². The molecule has 1 aliphatic carbocycles. The Hall–Kier alpha value is -1.63. The summed E-state index contributed by atoms with van der Waals surface area (Å²) in [4.78, 5) is 31.9. The predicted octanol–water partition coefficient (Wildman–Crippen LogP) is 1.62.